The lowest BCUT2D eigenvalue weighted by Gasteiger charge is -2.17. The van der Waals surface area contributed by atoms with Crippen LogP contribution in [0.15, 0.2) is 0 Å². The van der Waals surface area contributed by atoms with E-state index in [2.05, 4.69) is 22.9 Å². The molecule has 4 N–H and O–H groups in total. The maximum absolute atomic E-state index is 10.7. The molecule has 0 bridgehead atoms. The highest BCUT2D eigenvalue weighted by Crippen LogP contribution is 2.63. The van der Waals surface area contributed by atoms with Crippen molar-refractivity contribution in [2.75, 3.05) is 0 Å². The topological polar surface area (TPSA) is 92.4 Å². The van der Waals surface area contributed by atoms with Crippen LogP contribution < -0.4 is 10.8 Å². The molecule has 0 aliphatic carbocycles. The monoisotopic (exact) mass is 274 g/mol. The zero-order valence-electron chi connectivity index (χ0n) is 7.43. The van der Waals surface area contributed by atoms with Crippen molar-refractivity contribution in [3.63, 3.8) is 0 Å². The van der Waals surface area contributed by atoms with E-state index in [1.165, 1.54) is 0 Å². The van der Waals surface area contributed by atoms with Crippen LogP contribution in [-0.4, -0.2) is 23.0 Å². The molecule has 0 aromatic rings. The van der Waals surface area contributed by atoms with Crippen molar-refractivity contribution in [1.29, 1.82) is 0 Å². The molecule has 9 heteroatoms. The van der Waals surface area contributed by atoms with Gasteiger partial charge in [0, 0.05) is 13.9 Å². The van der Waals surface area contributed by atoms with E-state index in [0.717, 1.165) is 0 Å². The van der Waals surface area contributed by atoms with Gasteiger partial charge in [0.05, 0.1) is 0 Å². The maximum atomic E-state index is 10.7. The lowest BCUT2D eigenvalue weighted by atomic mass is 10.2. The van der Waals surface area contributed by atoms with Crippen LogP contribution in [0.2, 0.25) is 0 Å². The van der Waals surface area contributed by atoms with Gasteiger partial charge in [0.1, 0.15) is 6.04 Å². The van der Waals surface area contributed by atoms with E-state index in [4.69, 9.17) is 10.8 Å². The predicted octanol–water partition coefficient (Wildman–Crippen LogP) is 0.865. The Kier molecular flexibility index (Phi) is 8.20. The molecule has 0 aromatic heterocycles. The number of carbonyl (C=O) groups is 2. The van der Waals surface area contributed by atoms with E-state index in [0.29, 0.717) is 7.96 Å². The number of hydrogen-bond acceptors (Lipinski definition) is 3. The summed E-state index contributed by atoms with van der Waals surface area (Å²) in [4.78, 5) is 21.2. The second kappa shape index (κ2) is 7.85. The van der Waals surface area contributed by atoms with Crippen LogP contribution >= 0.6 is 33.3 Å². The van der Waals surface area contributed by atoms with Crippen molar-refractivity contribution < 1.29 is 14.7 Å². The van der Waals surface area contributed by atoms with Crippen LogP contribution in [0.3, 0.4) is 0 Å². The van der Waals surface area contributed by atoms with Crippen molar-refractivity contribution in [3.05, 3.63) is 0 Å². The average Bonchev–Trinajstić information content (AvgIpc) is 2.10. The van der Waals surface area contributed by atoms with Gasteiger partial charge >= 0.3 is 5.97 Å². The van der Waals surface area contributed by atoms with E-state index >= 15 is 0 Å². The molecule has 82 valence electrons. The SMILES string of the molecule is NC(=O)CCC(NP(P)PP)C(=O)O. The molecule has 0 fully saturated rings. The first kappa shape index (κ1) is 14.6. The van der Waals surface area contributed by atoms with Gasteiger partial charge in [-0.2, -0.15) is 0 Å². The van der Waals surface area contributed by atoms with Crippen molar-refractivity contribution in [2.45, 2.75) is 18.9 Å². The van der Waals surface area contributed by atoms with Gasteiger partial charge in [0.15, 0.2) is 0 Å². The van der Waals surface area contributed by atoms with Gasteiger partial charge in [0.25, 0.3) is 0 Å². The number of carboxylic acid groups (broad SMARTS) is 1. The molecule has 14 heavy (non-hydrogen) atoms. The van der Waals surface area contributed by atoms with Crippen LogP contribution in [0.5, 0.6) is 0 Å². The summed E-state index contributed by atoms with van der Waals surface area (Å²) in [6.45, 7) is 0. The summed E-state index contributed by atoms with van der Waals surface area (Å²) in [5.41, 5.74) is 4.94. The second-order valence-corrected chi connectivity index (χ2v) is 11.4. The summed E-state index contributed by atoms with van der Waals surface area (Å²) in [6.07, 6.45) is 0.338. The van der Waals surface area contributed by atoms with Gasteiger partial charge in [-0.15, -0.1) is 8.93 Å². The Hall–Kier alpha value is 0.620. The molecule has 5 nitrogen and oxygen atoms in total. The first-order valence-corrected chi connectivity index (χ1v) is 10.4. The molecule has 0 heterocycles. The number of carbonyl (C=O) groups excluding carboxylic acids is 1. The summed E-state index contributed by atoms with van der Waals surface area (Å²) >= 11 is 0. The minimum absolute atomic E-state index is 0.0950. The number of primary amides is 1. The van der Waals surface area contributed by atoms with E-state index in [-0.39, 0.29) is 12.8 Å². The number of nitrogens with one attached hydrogen (secondary N) is 1. The second-order valence-electron chi connectivity index (χ2n) is 2.52. The van der Waals surface area contributed by atoms with Crippen LogP contribution in [0, 0.1) is 0 Å². The van der Waals surface area contributed by atoms with E-state index in [1.54, 1.807) is 0 Å². The quantitative estimate of drug-likeness (QED) is 0.600. The lowest BCUT2D eigenvalue weighted by Crippen LogP contribution is -2.33. The third kappa shape index (κ3) is 6.98. The Morgan fingerprint density at radius 1 is 1.64 bits per heavy atom. The molecule has 0 aromatic carbocycles. The number of hydrogen-bond donors (Lipinski definition) is 3. The van der Waals surface area contributed by atoms with Crippen LogP contribution in [-0.2, 0) is 9.59 Å². The Bertz CT molecular complexity index is 215. The van der Waals surface area contributed by atoms with Gasteiger partial charge in [-0.25, -0.2) is 0 Å². The lowest BCUT2D eigenvalue weighted by molar-refractivity contribution is -0.139. The van der Waals surface area contributed by atoms with Gasteiger partial charge in [0.2, 0.25) is 5.91 Å². The number of aliphatic carboxylic acids is 1. The molecule has 1 amide bonds. The van der Waals surface area contributed by atoms with Gasteiger partial charge < -0.3 is 10.8 Å². The molecular weight excluding hydrogens is 260 g/mol. The molecule has 0 spiro atoms. The van der Waals surface area contributed by atoms with Crippen molar-refractivity contribution in [3.8, 4) is 0 Å². The molecule has 0 aliphatic rings. The fraction of sp³-hybridized carbons (Fsp3) is 0.600. The Labute approximate surface area is 90.0 Å². The Morgan fingerprint density at radius 3 is 2.57 bits per heavy atom. The fourth-order valence-corrected chi connectivity index (χ4v) is 3.29. The molecule has 0 rings (SSSR count). The minimum Gasteiger partial charge on any atom is -0.480 e. The molecule has 0 aliphatic heterocycles. The Morgan fingerprint density at radius 2 is 2.21 bits per heavy atom. The molecule has 0 saturated heterocycles. The van der Waals surface area contributed by atoms with Crippen LogP contribution in [0.25, 0.3) is 0 Å². The maximum Gasteiger partial charge on any atom is 0.321 e. The summed E-state index contributed by atoms with van der Waals surface area (Å²) in [6, 6.07) is -0.681. The molecule has 5 atom stereocenters. The highest BCUT2D eigenvalue weighted by molar-refractivity contribution is 8.60. The highest BCUT2D eigenvalue weighted by atomic mass is 32.6. The molecule has 0 saturated carbocycles. The number of nitrogens with two attached hydrogens (primary N) is 1. The predicted molar refractivity (Wildman–Crippen MR) is 67.6 cm³/mol. The van der Waals surface area contributed by atoms with Crippen molar-refractivity contribution >= 4 is 45.1 Å². The third-order valence-electron chi connectivity index (χ3n) is 1.41. The first-order valence-electron chi connectivity index (χ1n) is 3.75. The molecule has 5 unspecified atom stereocenters. The first-order chi connectivity index (χ1) is 6.47. The summed E-state index contributed by atoms with van der Waals surface area (Å²) in [5, 5.41) is 11.7. The van der Waals surface area contributed by atoms with Gasteiger partial charge in [-0.3, -0.25) is 14.7 Å². The summed E-state index contributed by atoms with van der Waals surface area (Å²) in [5.74, 6) is -1.41. The smallest absolute Gasteiger partial charge is 0.321 e. The minimum atomic E-state index is -0.940. The highest BCUT2D eigenvalue weighted by Gasteiger charge is 2.19. The zero-order valence-corrected chi connectivity index (χ0v) is 11.6. The Balaban J connectivity index is 4.02. The molecule has 0 radical (unpaired) electrons. The largest absolute Gasteiger partial charge is 0.480 e. The number of carboxylic acids is 1. The van der Waals surface area contributed by atoms with Crippen molar-refractivity contribution in [2.24, 2.45) is 5.73 Å². The van der Waals surface area contributed by atoms with E-state index in [9.17, 15) is 9.59 Å². The van der Waals surface area contributed by atoms with Crippen LogP contribution in [0.1, 0.15) is 12.8 Å². The normalized spacial score (nSPS) is 15.6. The summed E-state index contributed by atoms with van der Waals surface area (Å²) in [7, 11) is 5.14. The third-order valence-corrected chi connectivity index (χ3v) is 10.5. The van der Waals surface area contributed by atoms with E-state index in [1.807, 2.05) is 0 Å². The molecular formula is C5H14N2O3P4. The summed E-state index contributed by atoms with van der Waals surface area (Å²) < 4.78 is 0. The van der Waals surface area contributed by atoms with Crippen LogP contribution in [0.4, 0.5) is 0 Å². The van der Waals surface area contributed by atoms with E-state index < -0.39 is 25.4 Å². The number of rotatable bonds is 7. The van der Waals surface area contributed by atoms with Gasteiger partial charge in [-0.1, -0.05) is 16.9 Å². The number of amides is 1. The zero-order chi connectivity index (χ0) is 11.1. The standard InChI is InChI=1S/C5H14N2O3P4/c6-4(8)2-1-3(5(9)10)7-14(12)13-11/h3,7,13H,1-2,11-12H2,(H2,6,8)(H,9,10). The van der Waals surface area contributed by atoms with Crippen molar-refractivity contribution in [1.82, 2.24) is 5.09 Å². The fourth-order valence-electron chi connectivity index (χ4n) is 0.735. The average molecular weight is 274 g/mol. The van der Waals surface area contributed by atoms with Gasteiger partial charge in [-0.05, 0) is 6.42 Å².